The first-order chi connectivity index (χ1) is 12.2. The monoisotopic (exact) mass is 359 g/mol. The maximum absolute atomic E-state index is 11.9. The zero-order valence-corrected chi connectivity index (χ0v) is 16.8. The van der Waals surface area contributed by atoms with E-state index in [4.69, 9.17) is 4.74 Å². The average molecular weight is 360 g/mol. The van der Waals surface area contributed by atoms with Crippen molar-refractivity contribution in [3.63, 3.8) is 0 Å². The third-order valence-corrected chi connectivity index (χ3v) is 5.54. The van der Waals surface area contributed by atoms with E-state index in [1.54, 1.807) is 0 Å². The highest BCUT2D eigenvalue weighted by molar-refractivity contribution is 5.68. The summed E-state index contributed by atoms with van der Waals surface area (Å²) in [6.45, 7) is 11.0. The fraction of sp³-hybridized carbons (Fsp3) is 0.667. The van der Waals surface area contributed by atoms with Crippen molar-refractivity contribution in [2.45, 2.75) is 70.8 Å². The van der Waals surface area contributed by atoms with Gasteiger partial charge in [-0.3, -0.25) is 9.80 Å². The number of likely N-dealkylation sites (N-methyl/N-ethyl adjacent to an activating group) is 1. The number of likely N-dealkylation sites (tertiary alicyclic amines) is 1. The molecule has 3 atom stereocenters. The van der Waals surface area contributed by atoms with Crippen LogP contribution in [0.2, 0.25) is 0 Å². The summed E-state index contributed by atoms with van der Waals surface area (Å²) < 4.78 is 5.33. The molecule has 1 amide bonds. The van der Waals surface area contributed by atoms with Crippen molar-refractivity contribution < 1.29 is 9.53 Å². The minimum atomic E-state index is -0.477. The van der Waals surface area contributed by atoms with E-state index in [1.165, 1.54) is 31.5 Å². The molecule has 2 bridgehead atoms. The lowest BCUT2D eigenvalue weighted by molar-refractivity contribution is 0.0508. The molecule has 1 N–H and O–H groups in total. The predicted octanol–water partition coefficient (Wildman–Crippen LogP) is 3.55. The highest BCUT2D eigenvalue weighted by Crippen LogP contribution is 2.29. The first-order valence-electron chi connectivity index (χ1n) is 9.74. The number of rotatable bonds is 4. The van der Waals surface area contributed by atoms with Gasteiger partial charge in [0, 0.05) is 31.7 Å². The Kier molecular flexibility index (Phi) is 5.58. The quantitative estimate of drug-likeness (QED) is 0.893. The lowest BCUT2D eigenvalue weighted by atomic mass is 10.1. The minimum Gasteiger partial charge on any atom is -0.444 e. The molecule has 0 saturated carbocycles. The Hall–Kier alpha value is -1.59. The molecule has 0 aromatic heterocycles. The molecule has 2 unspecified atom stereocenters. The van der Waals surface area contributed by atoms with Crippen LogP contribution in [0.1, 0.15) is 57.7 Å². The van der Waals surface area contributed by atoms with Crippen LogP contribution >= 0.6 is 0 Å². The summed E-state index contributed by atoms with van der Waals surface area (Å²) in [6.07, 6.45) is 2.30. The van der Waals surface area contributed by atoms with Gasteiger partial charge >= 0.3 is 6.09 Å². The van der Waals surface area contributed by atoms with Crippen LogP contribution < -0.4 is 5.32 Å². The number of nitrogens with zero attached hydrogens (tertiary/aromatic N) is 2. The highest BCUT2D eigenvalue weighted by Gasteiger charge is 2.37. The molecule has 2 fully saturated rings. The van der Waals surface area contributed by atoms with E-state index in [9.17, 15) is 4.79 Å². The molecule has 5 heteroatoms. The smallest absolute Gasteiger partial charge is 0.408 e. The van der Waals surface area contributed by atoms with E-state index in [2.05, 4.69) is 46.4 Å². The number of piperazine rings is 1. The molecule has 5 nitrogen and oxygen atoms in total. The maximum Gasteiger partial charge on any atom is 0.408 e. The largest absolute Gasteiger partial charge is 0.444 e. The Morgan fingerprint density at radius 1 is 1.19 bits per heavy atom. The molecular formula is C21H33N3O2. The van der Waals surface area contributed by atoms with Crippen LogP contribution in [-0.2, 0) is 11.3 Å². The number of ether oxygens (including phenoxy) is 1. The van der Waals surface area contributed by atoms with Gasteiger partial charge in [0.1, 0.15) is 5.60 Å². The number of nitrogens with one attached hydrogen (secondary N) is 1. The van der Waals surface area contributed by atoms with Gasteiger partial charge in [0.25, 0.3) is 0 Å². The van der Waals surface area contributed by atoms with Crippen LogP contribution in [0.25, 0.3) is 0 Å². The molecule has 2 aliphatic rings. The molecule has 3 rings (SSSR count). The number of amides is 1. The van der Waals surface area contributed by atoms with E-state index in [-0.39, 0.29) is 12.1 Å². The first-order valence-corrected chi connectivity index (χ1v) is 9.74. The van der Waals surface area contributed by atoms with E-state index in [0.717, 1.165) is 24.2 Å². The van der Waals surface area contributed by atoms with E-state index in [0.29, 0.717) is 0 Å². The number of carbonyl (C=O) groups excluding carboxylic acids is 1. The number of carbonyl (C=O) groups is 1. The summed E-state index contributed by atoms with van der Waals surface area (Å²) in [6, 6.07) is 9.98. The van der Waals surface area contributed by atoms with Gasteiger partial charge in [-0.2, -0.15) is 0 Å². The Morgan fingerprint density at radius 2 is 1.77 bits per heavy atom. The van der Waals surface area contributed by atoms with Crippen LogP contribution in [0.15, 0.2) is 24.3 Å². The van der Waals surface area contributed by atoms with Gasteiger partial charge in [-0.25, -0.2) is 4.79 Å². The summed E-state index contributed by atoms with van der Waals surface area (Å²) in [4.78, 5) is 17.1. The lowest BCUT2D eigenvalue weighted by Crippen LogP contribution is -2.51. The molecule has 1 aromatic rings. The van der Waals surface area contributed by atoms with Crippen molar-refractivity contribution in [3.05, 3.63) is 35.4 Å². The number of fused-ring (bicyclic) bond motifs is 2. The second kappa shape index (κ2) is 7.57. The molecule has 2 saturated heterocycles. The number of benzene rings is 1. The number of hydrogen-bond donors (Lipinski definition) is 1. The third-order valence-electron chi connectivity index (χ3n) is 5.54. The van der Waals surface area contributed by atoms with Crippen LogP contribution in [0.3, 0.4) is 0 Å². The molecule has 2 heterocycles. The fourth-order valence-corrected chi connectivity index (χ4v) is 4.07. The van der Waals surface area contributed by atoms with Crippen molar-refractivity contribution in [1.82, 2.24) is 15.1 Å². The van der Waals surface area contributed by atoms with Crippen molar-refractivity contribution >= 4 is 6.09 Å². The predicted molar refractivity (Wildman–Crippen MR) is 104 cm³/mol. The van der Waals surface area contributed by atoms with E-state index in [1.807, 2.05) is 27.7 Å². The van der Waals surface area contributed by atoms with Gasteiger partial charge in [0.05, 0.1) is 6.04 Å². The Labute approximate surface area is 157 Å². The normalized spacial score (nSPS) is 25.1. The Morgan fingerprint density at radius 3 is 2.31 bits per heavy atom. The average Bonchev–Trinajstić information content (AvgIpc) is 2.76. The number of hydrogen-bond acceptors (Lipinski definition) is 4. The second-order valence-electron chi connectivity index (χ2n) is 8.85. The van der Waals surface area contributed by atoms with Gasteiger partial charge in [-0.1, -0.05) is 24.3 Å². The van der Waals surface area contributed by atoms with Crippen molar-refractivity contribution in [2.75, 3.05) is 20.1 Å². The Balaban J connectivity index is 1.53. The molecular weight excluding hydrogens is 326 g/mol. The summed E-state index contributed by atoms with van der Waals surface area (Å²) in [5.41, 5.74) is 1.95. The molecule has 0 spiro atoms. The standard InChI is InChI=1S/C21H33N3O2/c1-15(22-20(25)26-21(2,3)4)17-8-6-16(7-9-17)12-24-13-18-10-11-19(14-24)23(18)5/h6-9,15,18-19H,10-14H2,1-5H3,(H,22,25)/t15-,18?,19?/m0/s1. The van der Waals surface area contributed by atoms with Crippen molar-refractivity contribution in [1.29, 1.82) is 0 Å². The third kappa shape index (κ3) is 4.77. The lowest BCUT2D eigenvalue weighted by Gasteiger charge is -2.39. The van der Waals surface area contributed by atoms with Gasteiger partial charge in [0.15, 0.2) is 0 Å². The molecule has 0 aliphatic carbocycles. The minimum absolute atomic E-state index is 0.0709. The van der Waals surface area contributed by atoms with Gasteiger partial charge < -0.3 is 10.1 Å². The fourth-order valence-electron chi connectivity index (χ4n) is 4.07. The van der Waals surface area contributed by atoms with E-state index < -0.39 is 5.60 Å². The first kappa shape index (κ1) is 19.2. The topological polar surface area (TPSA) is 44.8 Å². The summed E-state index contributed by atoms with van der Waals surface area (Å²) in [5.74, 6) is 0. The van der Waals surface area contributed by atoms with Crippen LogP contribution in [0, 0.1) is 0 Å². The van der Waals surface area contributed by atoms with E-state index >= 15 is 0 Å². The molecule has 144 valence electrons. The van der Waals surface area contributed by atoms with Crippen molar-refractivity contribution in [3.8, 4) is 0 Å². The van der Waals surface area contributed by atoms with Gasteiger partial charge in [-0.05, 0) is 58.7 Å². The molecule has 0 radical (unpaired) electrons. The SMILES string of the molecule is C[C@H](NC(=O)OC(C)(C)C)c1ccc(CN2CC3CCC(C2)N3C)cc1. The van der Waals surface area contributed by atoms with Crippen LogP contribution in [0.5, 0.6) is 0 Å². The molecule has 2 aliphatic heterocycles. The van der Waals surface area contributed by atoms with Crippen LogP contribution in [-0.4, -0.2) is 53.7 Å². The molecule has 26 heavy (non-hydrogen) atoms. The summed E-state index contributed by atoms with van der Waals surface area (Å²) >= 11 is 0. The molecule has 1 aromatic carbocycles. The summed E-state index contributed by atoms with van der Waals surface area (Å²) in [5, 5.41) is 2.90. The second-order valence-corrected chi connectivity index (χ2v) is 8.85. The zero-order chi connectivity index (χ0) is 18.9. The van der Waals surface area contributed by atoms with Gasteiger partial charge in [-0.15, -0.1) is 0 Å². The van der Waals surface area contributed by atoms with Gasteiger partial charge in [0.2, 0.25) is 0 Å². The highest BCUT2D eigenvalue weighted by atomic mass is 16.6. The maximum atomic E-state index is 11.9. The van der Waals surface area contributed by atoms with Crippen LogP contribution in [0.4, 0.5) is 4.79 Å². The number of alkyl carbamates (subject to hydrolysis) is 1. The van der Waals surface area contributed by atoms with Crippen molar-refractivity contribution in [2.24, 2.45) is 0 Å². The zero-order valence-electron chi connectivity index (χ0n) is 16.8. The summed E-state index contributed by atoms with van der Waals surface area (Å²) in [7, 11) is 2.27. The Bertz CT molecular complexity index is 609.